The van der Waals surface area contributed by atoms with Crippen molar-refractivity contribution in [3.05, 3.63) is 12.4 Å². The van der Waals surface area contributed by atoms with E-state index in [9.17, 15) is 0 Å². The van der Waals surface area contributed by atoms with Gasteiger partial charge in [-0.25, -0.2) is 0 Å². The molecule has 0 saturated carbocycles. The number of rotatable bonds is 3. The SMILES string of the molecule is C#CCC(C)Nc1cncc2nnnn12. The molecule has 0 aliphatic rings. The van der Waals surface area contributed by atoms with Gasteiger partial charge in [-0.3, -0.25) is 4.98 Å². The van der Waals surface area contributed by atoms with Crippen LogP contribution < -0.4 is 5.32 Å². The molecule has 0 fully saturated rings. The van der Waals surface area contributed by atoms with Crippen molar-refractivity contribution in [2.45, 2.75) is 19.4 Å². The first kappa shape index (κ1) is 9.40. The van der Waals surface area contributed by atoms with Crippen LogP contribution in [0.4, 0.5) is 5.82 Å². The Hall–Kier alpha value is -2.16. The normalized spacial score (nSPS) is 12.3. The van der Waals surface area contributed by atoms with Crippen LogP contribution in [0.5, 0.6) is 0 Å². The number of hydrogen-bond donors (Lipinski definition) is 1. The number of terminal acetylenes is 1. The monoisotopic (exact) mass is 202 g/mol. The largest absolute Gasteiger partial charge is 0.365 e. The molecule has 2 aromatic rings. The Balaban J connectivity index is 2.28. The highest BCUT2D eigenvalue weighted by molar-refractivity contribution is 5.44. The van der Waals surface area contributed by atoms with Crippen LogP contribution in [0.25, 0.3) is 5.65 Å². The van der Waals surface area contributed by atoms with E-state index in [0.29, 0.717) is 12.1 Å². The molecular formula is C9H10N6. The van der Waals surface area contributed by atoms with Gasteiger partial charge in [-0.05, 0) is 17.4 Å². The lowest BCUT2D eigenvalue weighted by molar-refractivity contribution is 0.778. The second kappa shape index (κ2) is 3.92. The van der Waals surface area contributed by atoms with Crippen LogP contribution >= 0.6 is 0 Å². The summed E-state index contributed by atoms with van der Waals surface area (Å²) in [6.07, 6.45) is 9.12. The van der Waals surface area contributed by atoms with Gasteiger partial charge in [0.25, 0.3) is 0 Å². The van der Waals surface area contributed by atoms with Gasteiger partial charge in [0.15, 0.2) is 11.5 Å². The van der Waals surface area contributed by atoms with Gasteiger partial charge in [-0.2, -0.15) is 4.52 Å². The van der Waals surface area contributed by atoms with Crippen molar-refractivity contribution >= 4 is 11.5 Å². The van der Waals surface area contributed by atoms with Crippen LogP contribution in [0.1, 0.15) is 13.3 Å². The first-order valence-corrected chi connectivity index (χ1v) is 4.53. The number of hydrogen-bond acceptors (Lipinski definition) is 5. The molecular weight excluding hydrogens is 192 g/mol. The van der Waals surface area contributed by atoms with E-state index in [1.807, 2.05) is 6.92 Å². The molecule has 0 radical (unpaired) electrons. The zero-order valence-electron chi connectivity index (χ0n) is 8.25. The van der Waals surface area contributed by atoms with Gasteiger partial charge in [0.05, 0.1) is 12.4 Å². The third-order valence-electron chi connectivity index (χ3n) is 1.93. The van der Waals surface area contributed by atoms with E-state index in [-0.39, 0.29) is 6.04 Å². The van der Waals surface area contributed by atoms with Gasteiger partial charge in [0, 0.05) is 12.5 Å². The molecule has 0 aliphatic carbocycles. The highest BCUT2D eigenvalue weighted by Crippen LogP contribution is 2.08. The Morgan fingerprint density at radius 1 is 1.60 bits per heavy atom. The molecule has 2 aromatic heterocycles. The van der Waals surface area contributed by atoms with E-state index >= 15 is 0 Å². The predicted octanol–water partition coefficient (Wildman–Crippen LogP) is 0.343. The molecule has 15 heavy (non-hydrogen) atoms. The molecule has 6 heteroatoms. The van der Waals surface area contributed by atoms with Gasteiger partial charge < -0.3 is 5.32 Å². The molecule has 0 aliphatic heterocycles. The maximum atomic E-state index is 5.22. The number of nitrogens with one attached hydrogen (secondary N) is 1. The van der Waals surface area contributed by atoms with E-state index in [1.165, 1.54) is 0 Å². The lowest BCUT2D eigenvalue weighted by Gasteiger charge is -2.11. The Kier molecular flexibility index (Phi) is 2.46. The van der Waals surface area contributed by atoms with Crippen molar-refractivity contribution in [2.24, 2.45) is 0 Å². The second-order valence-corrected chi connectivity index (χ2v) is 3.20. The zero-order valence-corrected chi connectivity index (χ0v) is 8.25. The molecule has 1 unspecified atom stereocenters. The molecule has 0 aromatic carbocycles. The van der Waals surface area contributed by atoms with Crippen molar-refractivity contribution in [1.29, 1.82) is 0 Å². The average Bonchev–Trinajstić information content (AvgIpc) is 2.67. The van der Waals surface area contributed by atoms with Crippen LogP contribution in [0.15, 0.2) is 12.4 Å². The van der Waals surface area contributed by atoms with E-state index in [4.69, 9.17) is 6.42 Å². The van der Waals surface area contributed by atoms with E-state index < -0.39 is 0 Å². The lowest BCUT2D eigenvalue weighted by Crippen LogP contribution is -2.16. The third-order valence-corrected chi connectivity index (χ3v) is 1.93. The van der Waals surface area contributed by atoms with Gasteiger partial charge in [-0.1, -0.05) is 0 Å². The Bertz CT molecular complexity index is 497. The Morgan fingerprint density at radius 3 is 3.27 bits per heavy atom. The Morgan fingerprint density at radius 2 is 2.47 bits per heavy atom. The molecule has 76 valence electrons. The van der Waals surface area contributed by atoms with Crippen molar-refractivity contribution in [3.8, 4) is 12.3 Å². The summed E-state index contributed by atoms with van der Waals surface area (Å²) in [5.41, 5.74) is 0.605. The minimum absolute atomic E-state index is 0.159. The summed E-state index contributed by atoms with van der Waals surface area (Å²) in [4.78, 5) is 4.02. The summed E-state index contributed by atoms with van der Waals surface area (Å²) >= 11 is 0. The fourth-order valence-corrected chi connectivity index (χ4v) is 1.25. The standard InChI is InChI=1S/C9H10N6/c1-3-4-7(2)11-8-5-10-6-9-12-13-14-15(8)9/h1,5-7,11H,4H2,2H3. The summed E-state index contributed by atoms with van der Waals surface area (Å²) in [7, 11) is 0. The minimum Gasteiger partial charge on any atom is -0.365 e. The summed E-state index contributed by atoms with van der Waals surface area (Å²) in [5.74, 6) is 3.32. The van der Waals surface area contributed by atoms with Crippen molar-refractivity contribution in [1.82, 2.24) is 25.0 Å². The van der Waals surface area contributed by atoms with Crippen LogP contribution in [0.3, 0.4) is 0 Å². The van der Waals surface area contributed by atoms with Crippen LogP contribution in [0, 0.1) is 12.3 Å². The maximum absolute atomic E-state index is 5.22. The Labute approximate surface area is 86.7 Å². The highest BCUT2D eigenvalue weighted by Gasteiger charge is 2.06. The molecule has 0 bridgehead atoms. The zero-order chi connectivity index (χ0) is 10.7. The summed E-state index contributed by atoms with van der Waals surface area (Å²) < 4.78 is 1.58. The van der Waals surface area contributed by atoms with E-state index in [2.05, 4.69) is 31.7 Å². The topological polar surface area (TPSA) is 68.0 Å². The maximum Gasteiger partial charge on any atom is 0.199 e. The molecule has 6 nitrogen and oxygen atoms in total. The van der Waals surface area contributed by atoms with Crippen LogP contribution in [-0.2, 0) is 0 Å². The van der Waals surface area contributed by atoms with Gasteiger partial charge >= 0.3 is 0 Å². The van der Waals surface area contributed by atoms with Gasteiger partial charge in [-0.15, -0.1) is 17.4 Å². The van der Waals surface area contributed by atoms with Crippen molar-refractivity contribution < 1.29 is 0 Å². The number of nitrogens with zero attached hydrogens (tertiary/aromatic N) is 5. The fraction of sp³-hybridized carbons (Fsp3) is 0.333. The minimum atomic E-state index is 0.159. The molecule has 1 atom stereocenters. The van der Waals surface area contributed by atoms with Crippen LogP contribution in [-0.4, -0.2) is 31.1 Å². The lowest BCUT2D eigenvalue weighted by atomic mass is 10.2. The van der Waals surface area contributed by atoms with Gasteiger partial charge in [0.1, 0.15) is 0 Å². The molecule has 0 spiro atoms. The third kappa shape index (κ3) is 1.86. The summed E-state index contributed by atoms with van der Waals surface area (Å²) in [6, 6.07) is 0.159. The molecule has 0 amide bonds. The molecule has 0 saturated heterocycles. The number of aromatic nitrogens is 5. The summed E-state index contributed by atoms with van der Waals surface area (Å²) in [5, 5.41) is 14.4. The predicted molar refractivity (Wildman–Crippen MR) is 55.1 cm³/mol. The molecule has 1 N–H and O–H groups in total. The molecule has 2 heterocycles. The second-order valence-electron chi connectivity index (χ2n) is 3.20. The van der Waals surface area contributed by atoms with Crippen LogP contribution in [0.2, 0.25) is 0 Å². The number of tetrazole rings is 1. The van der Waals surface area contributed by atoms with Crippen molar-refractivity contribution in [3.63, 3.8) is 0 Å². The van der Waals surface area contributed by atoms with E-state index in [0.717, 1.165) is 5.82 Å². The van der Waals surface area contributed by atoms with E-state index in [1.54, 1.807) is 16.9 Å². The summed E-state index contributed by atoms with van der Waals surface area (Å²) in [6.45, 7) is 1.99. The molecule has 2 rings (SSSR count). The average molecular weight is 202 g/mol. The highest BCUT2D eigenvalue weighted by atomic mass is 15.5. The first-order valence-electron chi connectivity index (χ1n) is 4.53. The van der Waals surface area contributed by atoms with Crippen molar-refractivity contribution in [2.75, 3.05) is 5.32 Å². The quantitative estimate of drug-likeness (QED) is 0.727. The smallest absolute Gasteiger partial charge is 0.199 e. The number of anilines is 1. The van der Waals surface area contributed by atoms with Gasteiger partial charge in [0.2, 0.25) is 0 Å². The first-order chi connectivity index (χ1) is 7.31. The fourth-order valence-electron chi connectivity index (χ4n) is 1.25. The number of fused-ring (bicyclic) bond motifs is 1.